The van der Waals surface area contributed by atoms with Gasteiger partial charge in [-0.25, -0.2) is 18.1 Å². The average molecular weight is 300 g/mol. The van der Waals surface area contributed by atoms with Crippen molar-refractivity contribution in [2.45, 2.75) is 57.1 Å². The number of sulfonamides is 1. The molecule has 2 heterocycles. The summed E-state index contributed by atoms with van der Waals surface area (Å²) in [5, 5.41) is 3.46. The highest BCUT2D eigenvalue weighted by molar-refractivity contribution is 7.89. The molecule has 0 bridgehead atoms. The van der Waals surface area contributed by atoms with Crippen LogP contribution in [0.4, 0.5) is 0 Å². The van der Waals surface area contributed by atoms with Crippen molar-refractivity contribution >= 4 is 10.0 Å². The third-order valence-corrected chi connectivity index (χ3v) is 5.07. The molecule has 0 aromatic carbocycles. The number of aryl methyl sites for hydroxylation is 2. The molecule has 0 saturated carbocycles. The monoisotopic (exact) mass is 300 g/mol. The Labute approximate surface area is 121 Å². The maximum Gasteiger partial charge on any atom is 0.259 e. The van der Waals surface area contributed by atoms with Gasteiger partial charge in [0, 0.05) is 24.8 Å². The Morgan fingerprint density at radius 3 is 2.90 bits per heavy atom. The van der Waals surface area contributed by atoms with Gasteiger partial charge in [-0.3, -0.25) is 0 Å². The zero-order valence-electron chi connectivity index (χ0n) is 12.4. The van der Waals surface area contributed by atoms with E-state index in [1.807, 2.05) is 18.4 Å². The van der Waals surface area contributed by atoms with Crippen molar-refractivity contribution in [1.82, 2.24) is 19.6 Å². The molecular formula is C13H24N4O2S. The van der Waals surface area contributed by atoms with E-state index in [1.54, 1.807) is 6.20 Å². The first-order valence-electron chi connectivity index (χ1n) is 7.15. The first-order valence-corrected chi connectivity index (χ1v) is 8.63. The fourth-order valence-electron chi connectivity index (χ4n) is 2.51. The molecule has 6 nitrogen and oxygen atoms in total. The maximum atomic E-state index is 12.3. The van der Waals surface area contributed by atoms with Gasteiger partial charge in [-0.15, -0.1) is 0 Å². The first-order chi connectivity index (χ1) is 9.36. The lowest BCUT2D eigenvalue weighted by Crippen LogP contribution is -2.47. The summed E-state index contributed by atoms with van der Waals surface area (Å²) in [5.41, 5.74) is -0.145. The van der Waals surface area contributed by atoms with Gasteiger partial charge in [-0.05, 0) is 39.7 Å². The van der Waals surface area contributed by atoms with Crippen molar-refractivity contribution in [3.63, 3.8) is 0 Å². The molecule has 7 heteroatoms. The number of hydrogen-bond acceptors (Lipinski definition) is 4. The molecule has 1 atom stereocenters. The molecule has 0 spiro atoms. The van der Waals surface area contributed by atoms with Crippen LogP contribution in [0, 0.1) is 6.92 Å². The Bertz CT molecular complexity index is 559. The molecule has 0 amide bonds. The van der Waals surface area contributed by atoms with Gasteiger partial charge in [0.05, 0.1) is 0 Å². The van der Waals surface area contributed by atoms with Crippen molar-refractivity contribution < 1.29 is 8.42 Å². The van der Waals surface area contributed by atoms with E-state index in [9.17, 15) is 8.42 Å². The summed E-state index contributed by atoms with van der Waals surface area (Å²) in [5.74, 6) is 0.734. The molecule has 0 aliphatic carbocycles. The van der Waals surface area contributed by atoms with Gasteiger partial charge in [0.15, 0.2) is 5.03 Å². The summed E-state index contributed by atoms with van der Waals surface area (Å²) in [4.78, 5) is 4.16. The summed E-state index contributed by atoms with van der Waals surface area (Å²) in [6.07, 6.45) is 4.64. The van der Waals surface area contributed by atoms with Crippen LogP contribution in [-0.4, -0.2) is 36.6 Å². The number of nitrogens with one attached hydrogen (secondary N) is 2. The van der Waals surface area contributed by atoms with Gasteiger partial charge in [0.2, 0.25) is 0 Å². The molecule has 1 aromatic heterocycles. The zero-order chi connectivity index (χ0) is 14.8. The van der Waals surface area contributed by atoms with E-state index in [2.05, 4.69) is 21.9 Å². The molecule has 1 saturated heterocycles. The number of aromatic nitrogens is 2. The van der Waals surface area contributed by atoms with E-state index in [4.69, 9.17) is 0 Å². The van der Waals surface area contributed by atoms with E-state index in [1.165, 1.54) is 0 Å². The molecule has 1 aliphatic rings. The van der Waals surface area contributed by atoms with Crippen LogP contribution in [0.5, 0.6) is 0 Å². The Hall–Kier alpha value is -0.920. The highest BCUT2D eigenvalue weighted by Gasteiger charge is 2.30. The lowest BCUT2D eigenvalue weighted by molar-refractivity contribution is 0.409. The second-order valence-corrected chi connectivity index (χ2v) is 7.45. The van der Waals surface area contributed by atoms with Crippen molar-refractivity contribution in [3.05, 3.63) is 12.0 Å². The van der Waals surface area contributed by atoms with Crippen molar-refractivity contribution in [3.8, 4) is 0 Å². The third kappa shape index (κ3) is 3.39. The molecule has 114 valence electrons. The molecule has 2 rings (SSSR count). The first kappa shape index (κ1) is 15.5. The molecule has 1 unspecified atom stereocenters. The molecule has 1 fully saturated rings. The van der Waals surface area contributed by atoms with Gasteiger partial charge >= 0.3 is 0 Å². The fraction of sp³-hybridized carbons (Fsp3) is 0.769. The predicted octanol–water partition coefficient (Wildman–Crippen LogP) is 1.02. The number of imidazole rings is 1. The smallest absolute Gasteiger partial charge is 0.259 e. The molecule has 1 aliphatic heterocycles. The van der Waals surface area contributed by atoms with E-state index in [-0.39, 0.29) is 10.6 Å². The SMILES string of the molecule is CCCn1cc(S(=O)(=O)NCC2(C)CCCN2)nc1C. The van der Waals surface area contributed by atoms with E-state index >= 15 is 0 Å². The number of hydrogen-bond donors (Lipinski definition) is 2. The molecule has 0 radical (unpaired) electrons. The number of nitrogens with zero attached hydrogens (tertiary/aromatic N) is 2. The summed E-state index contributed by atoms with van der Waals surface area (Å²) in [6.45, 7) is 8.06. The molecule has 2 N–H and O–H groups in total. The average Bonchev–Trinajstić information content (AvgIpc) is 2.97. The van der Waals surface area contributed by atoms with Gasteiger partial charge < -0.3 is 9.88 Å². The Balaban J connectivity index is 2.08. The van der Waals surface area contributed by atoms with Crippen LogP contribution >= 0.6 is 0 Å². The Kier molecular flexibility index (Phi) is 4.51. The van der Waals surface area contributed by atoms with Crippen LogP contribution in [0.25, 0.3) is 0 Å². The topological polar surface area (TPSA) is 76.0 Å². The van der Waals surface area contributed by atoms with Gasteiger partial charge in [0.25, 0.3) is 10.0 Å². The van der Waals surface area contributed by atoms with Crippen LogP contribution in [0.15, 0.2) is 11.2 Å². The summed E-state index contributed by atoms with van der Waals surface area (Å²) >= 11 is 0. The van der Waals surface area contributed by atoms with Crippen LogP contribution in [0.1, 0.15) is 38.9 Å². The minimum absolute atomic E-state index is 0.116. The van der Waals surface area contributed by atoms with Crippen molar-refractivity contribution in [1.29, 1.82) is 0 Å². The van der Waals surface area contributed by atoms with Crippen LogP contribution in [0.2, 0.25) is 0 Å². The summed E-state index contributed by atoms with van der Waals surface area (Å²) in [6, 6.07) is 0. The predicted molar refractivity (Wildman–Crippen MR) is 78.1 cm³/mol. The van der Waals surface area contributed by atoms with E-state index in [0.717, 1.165) is 38.2 Å². The lowest BCUT2D eigenvalue weighted by atomic mass is 10.0. The minimum atomic E-state index is -3.53. The Morgan fingerprint density at radius 1 is 1.55 bits per heavy atom. The second kappa shape index (κ2) is 5.83. The van der Waals surface area contributed by atoms with Crippen LogP contribution < -0.4 is 10.0 Å². The van der Waals surface area contributed by atoms with E-state index in [0.29, 0.717) is 6.54 Å². The largest absolute Gasteiger partial charge is 0.334 e. The molecular weight excluding hydrogens is 276 g/mol. The number of rotatable bonds is 6. The molecule has 20 heavy (non-hydrogen) atoms. The fourth-order valence-corrected chi connectivity index (χ4v) is 3.69. The zero-order valence-corrected chi connectivity index (χ0v) is 13.3. The normalized spacial score (nSPS) is 23.4. The van der Waals surface area contributed by atoms with Gasteiger partial charge in [-0.1, -0.05) is 6.92 Å². The van der Waals surface area contributed by atoms with Crippen LogP contribution in [0.3, 0.4) is 0 Å². The third-order valence-electron chi connectivity index (χ3n) is 3.80. The highest BCUT2D eigenvalue weighted by atomic mass is 32.2. The van der Waals surface area contributed by atoms with Gasteiger partial charge in [-0.2, -0.15) is 0 Å². The standard InChI is InChI=1S/C13H24N4O2S/c1-4-8-17-9-12(16-11(17)2)20(18,19)15-10-13(3)6-5-7-14-13/h9,14-15H,4-8,10H2,1-3H3. The summed E-state index contributed by atoms with van der Waals surface area (Å²) < 4.78 is 29.1. The molecule has 1 aromatic rings. The summed E-state index contributed by atoms with van der Waals surface area (Å²) in [7, 11) is -3.53. The quantitative estimate of drug-likeness (QED) is 0.822. The lowest BCUT2D eigenvalue weighted by Gasteiger charge is -2.24. The minimum Gasteiger partial charge on any atom is -0.334 e. The maximum absolute atomic E-state index is 12.3. The van der Waals surface area contributed by atoms with Crippen molar-refractivity contribution in [2.24, 2.45) is 0 Å². The Morgan fingerprint density at radius 2 is 2.30 bits per heavy atom. The van der Waals surface area contributed by atoms with E-state index < -0.39 is 10.0 Å². The second-order valence-electron chi connectivity index (χ2n) is 5.74. The van der Waals surface area contributed by atoms with Crippen molar-refractivity contribution in [2.75, 3.05) is 13.1 Å². The van der Waals surface area contributed by atoms with Gasteiger partial charge in [0.1, 0.15) is 5.82 Å². The van der Waals surface area contributed by atoms with Crippen LogP contribution in [-0.2, 0) is 16.6 Å². The highest BCUT2D eigenvalue weighted by Crippen LogP contribution is 2.18.